The van der Waals surface area contributed by atoms with E-state index in [0.29, 0.717) is 0 Å². The minimum absolute atomic E-state index is 1.11. The SMILES string of the molecule is Cc1ccc2c(c1)[CH]C(CCC1=Cc3ccc(C)cc3[CH]1)=C2. The maximum atomic E-state index is 2.34. The second kappa shape index (κ2) is 5.28. The first-order valence-corrected chi connectivity index (χ1v) is 7.99. The van der Waals surface area contributed by atoms with E-state index in [0.717, 1.165) is 12.8 Å². The molecular formula is C22H20. The van der Waals surface area contributed by atoms with Crippen molar-refractivity contribution in [2.75, 3.05) is 0 Å². The fourth-order valence-electron chi connectivity index (χ4n) is 3.36. The molecule has 0 unspecified atom stereocenters. The van der Waals surface area contributed by atoms with E-state index in [1.54, 1.807) is 0 Å². The average Bonchev–Trinajstić information content (AvgIpc) is 3.07. The van der Waals surface area contributed by atoms with Gasteiger partial charge in [0.25, 0.3) is 0 Å². The van der Waals surface area contributed by atoms with Gasteiger partial charge in [-0.2, -0.15) is 0 Å². The van der Waals surface area contributed by atoms with Crippen LogP contribution in [0.4, 0.5) is 0 Å². The Morgan fingerprint density at radius 2 is 1.05 bits per heavy atom. The molecule has 0 spiro atoms. The van der Waals surface area contributed by atoms with E-state index in [2.05, 4.69) is 75.2 Å². The van der Waals surface area contributed by atoms with Crippen molar-refractivity contribution in [2.45, 2.75) is 26.7 Å². The van der Waals surface area contributed by atoms with Crippen LogP contribution in [0.15, 0.2) is 47.5 Å². The first kappa shape index (κ1) is 13.6. The summed E-state index contributed by atoms with van der Waals surface area (Å²) in [6.45, 7) is 4.31. The van der Waals surface area contributed by atoms with Gasteiger partial charge >= 0.3 is 0 Å². The standard InChI is InChI=1S/C22H20/c1-15-3-7-19-11-17(13-21(19)9-15)5-6-18-12-20-8-4-16(2)10-22(20)14-18/h3-4,7-14H,5-6H2,1-2H3. The van der Waals surface area contributed by atoms with Crippen molar-refractivity contribution in [3.8, 4) is 0 Å². The van der Waals surface area contributed by atoms with E-state index in [4.69, 9.17) is 0 Å². The van der Waals surface area contributed by atoms with Crippen molar-refractivity contribution in [1.29, 1.82) is 0 Å². The van der Waals surface area contributed by atoms with Gasteiger partial charge in [0, 0.05) is 12.8 Å². The maximum Gasteiger partial charge on any atom is 0.0164 e. The normalized spacial score (nSPS) is 15.4. The van der Waals surface area contributed by atoms with Gasteiger partial charge in [-0.05, 0) is 48.9 Å². The molecule has 0 N–H and O–H groups in total. The van der Waals surface area contributed by atoms with Gasteiger partial charge in [0.05, 0.1) is 0 Å². The van der Waals surface area contributed by atoms with Gasteiger partial charge in [-0.15, -0.1) is 0 Å². The molecule has 0 aromatic heterocycles. The smallest absolute Gasteiger partial charge is 0.0164 e. The Bertz CT molecular complexity index is 733. The summed E-state index contributed by atoms with van der Waals surface area (Å²) in [7, 11) is 0. The van der Waals surface area contributed by atoms with E-state index in [1.165, 1.54) is 44.5 Å². The Kier molecular flexibility index (Phi) is 3.26. The van der Waals surface area contributed by atoms with Crippen molar-refractivity contribution in [1.82, 2.24) is 0 Å². The summed E-state index contributed by atoms with van der Waals surface area (Å²) in [5.74, 6) is 0. The van der Waals surface area contributed by atoms with E-state index in [9.17, 15) is 0 Å². The van der Waals surface area contributed by atoms with E-state index >= 15 is 0 Å². The molecule has 0 amide bonds. The van der Waals surface area contributed by atoms with Crippen LogP contribution in [0.25, 0.3) is 12.2 Å². The number of rotatable bonds is 3. The fraction of sp³-hybridized carbons (Fsp3) is 0.182. The summed E-state index contributed by atoms with van der Waals surface area (Å²) in [5, 5.41) is 0. The molecule has 0 bridgehead atoms. The second-order valence-electron chi connectivity index (χ2n) is 6.49. The summed E-state index contributed by atoms with van der Waals surface area (Å²) in [5.41, 5.74) is 11.0. The van der Waals surface area contributed by atoms with Crippen LogP contribution in [-0.4, -0.2) is 0 Å². The lowest BCUT2D eigenvalue weighted by Gasteiger charge is -2.04. The van der Waals surface area contributed by atoms with Crippen molar-refractivity contribution in [3.63, 3.8) is 0 Å². The molecule has 2 aliphatic carbocycles. The fourth-order valence-corrected chi connectivity index (χ4v) is 3.36. The molecule has 22 heavy (non-hydrogen) atoms. The van der Waals surface area contributed by atoms with Crippen LogP contribution >= 0.6 is 0 Å². The number of fused-ring (bicyclic) bond motifs is 2. The summed E-state index contributed by atoms with van der Waals surface area (Å²) in [6.07, 6.45) is 11.6. The molecule has 0 aliphatic heterocycles. The Balaban J connectivity index is 1.42. The molecule has 0 saturated carbocycles. The monoisotopic (exact) mass is 284 g/mol. The molecule has 2 radical (unpaired) electrons. The number of hydrogen-bond acceptors (Lipinski definition) is 0. The molecule has 0 nitrogen and oxygen atoms in total. The first-order valence-electron chi connectivity index (χ1n) is 7.99. The molecule has 2 aromatic rings. The summed E-state index contributed by atoms with van der Waals surface area (Å²) in [6, 6.07) is 13.4. The molecule has 2 aliphatic rings. The zero-order chi connectivity index (χ0) is 15.1. The predicted molar refractivity (Wildman–Crippen MR) is 94.4 cm³/mol. The summed E-state index contributed by atoms with van der Waals surface area (Å²) in [4.78, 5) is 0. The molecule has 0 fully saturated rings. The topological polar surface area (TPSA) is 0 Å². The van der Waals surface area contributed by atoms with E-state index in [-0.39, 0.29) is 0 Å². The highest BCUT2D eigenvalue weighted by atomic mass is 14.2. The molecular weight excluding hydrogens is 264 g/mol. The third kappa shape index (κ3) is 2.54. The number of aryl methyl sites for hydroxylation is 2. The van der Waals surface area contributed by atoms with Gasteiger partial charge in [0.2, 0.25) is 0 Å². The van der Waals surface area contributed by atoms with Crippen LogP contribution in [0, 0.1) is 26.7 Å². The zero-order valence-electron chi connectivity index (χ0n) is 13.2. The van der Waals surface area contributed by atoms with Gasteiger partial charge in [0.15, 0.2) is 0 Å². The quantitative estimate of drug-likeness (QED) is 0.680. The van der Waals surface area contributed by atoms with Crippen molar-refractivity contribution in [3.05, 3.63) is 93.8 Å². The Morgan fingerprint density at radius 1 is 0.591 bits per heavy atom. The molecule has 0 heteroatoms. The molecule has 0 atom stereocenters. The minimum Gasteiger partial charge on any atom is -0.0608 e. The first-order chi connectivity index (χ1) is 10.7. The Labute approximate surface area is 133 Å². The molecule has 0 saturated heterocycles. The highest BCUT2D eigenvalue weighted by Crippen LogP contribution is 2.34. The molecule has 0 heterocycles. The lowest BCUT2D eigenvalue weighted by molar-refractivity contribution is 0.964. The van der Waals surface area contributed by atoms with Crippen LogP contribution in [0.1, 0.15) is 46.2 Å². The number of hydrogen-bond donors (Lipinski definition) is 0. The lowest BCUT2D eigenvalue weighted by atomic mass is 10.0. The molecule has 4 rings (SSSR count). The molecule has 108 valence electrons. The maximum absolute atomic E-state index is 2.34. The zero-order valence-corrected chi connectivity index (χ0v) is 13.2. The van der Waals surface area contributed by atoms with Crippen LogP contribution in [0.3, 0.4) is 0 Å². The van der Waals surface area contributed by atoms with Crippen molar-refractivity contribution >= 4 is 12.2 Å². The van der Waals surface area contributed by atoms with Crippen LogP contribution < -0.4 is 0 Å². The molecule has 2 aromatic carbocycles. The van der Waals surface area contributed by atoms with E-state index in [1.807, 2.05) is 0 Å². The van der Waals surface area contributed by atoms with Crippen LogP contribution in [-0.2, 0) is 0 Å². The average molecular weight is 284 g/mol. The highest BCUT2D eigenvalue weighted by molar-refractivity contribution is 5.71. The van der Waals surface area contributed by atoms with Gasteiger partial charge in [-0.1, -0.05) is 70.8 Å². The van der Waals surface area contributed by atoms with Crippen LogP contribution in [0.2, 0.25) is 0 Å². The third-order valence-electron chi connectivity index (χ3n) is 4.55. The van der Waals surface area contributed by atoms with Gasteiger partial charge in [-0.3, -0.25) is 0 Å². The lowest BCUT2D eigenvalue weighted by Crippen LogP contribution is -1.87. The summed E-state index contributed by atoms with van der Waals surface area (Å²) < 4.78 is 0. The Hall–Kier alpha value is -2.08. The van der Waals surface area contributed by atoms with E-state index < -0.39 is 0 Å². The third-order valence-corrected chi connectivity index (χ3v) is 4.55. The predicted octanol–water partition coefficient (Wildman–Crippen LogP) is 5.68. The van der Waals surface area contributed by atoms with Crippen molar-refractivity contribution < 1.29 is 0 Å². The second-order valence-corrected chi connectivity index (χ2v) is 6.49. The largest absolute Gasteiger partial charge is 0.0608 e. The van der Waals surface area contributed by atoms with Crippen LogP contribution in [0.5, 0.6) is 0 Å². The number of allylic oxidation sites excluding steroid dienone is 2. The van der Waals surface area contributed by atoms with Gasteiger partial charge in [-0.25, -0.2) is 0 Å². The summed E-state index contributed by atoms with van der Waals surface area (Å²) >= 11 is 0. The Morgan fingerprint density at radius 3 is 1.50 bits per heavy atom. The highest BCUT2D eigenvalue weighted by Gasteiger charge is 2.16. The van der Waals surface area contributed by atoms with Gasteiger partial charge < -0.3 is 0 Å². The van der Waals surface area contributed by atoms with Gasteiger partial charge in [0.1, 0.15) is 0 Å². The number of benzene rings is 2. The van der Waals surface area contributed by atoms with Crippen molar-refractivity contribution in [2.24, 2.45) is 0 Å². The minimum atomic E-state index is 1.11.